The molecule has 2 rings (SSSR count). The van der Waals surface area contributed by atoms with Crippen molar-refractivity contribution in [3.8, 4) is 5.75 Å². The lowest BCUT2D eigenvalue weighted by Gasteiger charge is -2.12. The molecule has 0 saturated heterocycles. The maximum atomic E-state index is 12.0. The summed E-state index contributed by atoms with van der Waals surface area (Å²) in [6.07, 6.45) is 0. The predicted octanol–water partition coefficient (Wildman–Crippen LogP) is 3.54. The Hall–Kier alpha value is -2.29. The van der Waals surface area contributed by atoms with E-state index in [-0.39, 0.29) is 11.9 Å². The van der Waals surface area contributed by atoms with E-state index in [2.05, 4.69) is 0 Å². The molecule has 3 nitrogen and oxygen atoms in total. The smallest absolute Gasteiger partial charge is 0.313 e. The van der Waals surface area contributed by atoms with Gasteiger partial charge in [-0.05, 0) is 30.2 Å². The van der Waals surface area contributed by atoms with Crippen LogP contribution in [0.2, 0.25) is 0 Å². The Kier molecular flexibility index (Phi) is 4.77. The Morgan fingerprint density at radius 2 is 1.70 bits per heavy atom. The first kappa shape index (κ1) is 14.1. The molecule has 0 aromatic heterocycles. The fraction of sp³-hybridized carbons (Fsp3) is 0.235. The van der Waals surface area contributed by atoms with Gasteiger partial charge in [0, 0.05) is 0 Å². The first-order chi connectivity index (χ1) is 9.70. The lowest BCUT2D eigenvalue weighted by atomic mass is 10.0. The summed E-state index contributed by atoms with van der Waals surface area (Å²) >= 11 is 0. The van der Waals surface area contributed by atoms with Gasteiger partial charge < -0.3 is 9.47 Å². The second-order valence-corrected chi connectivity index (χ2v) is 4.59. The minimum Gasteiger partial charge on any atom is -0.497 e. The highest BCUT2D eigenvalue weighted by Gasteiger charge is 2.16. The van der Waals surface area contributed by atoms with Gasteiger partial charge >= 0.3 is 5.97 Å². The highest BCUT2D eigenvalue weighted by molar-refractivity contribution is 5.77. The fourth-order valence-electron chi connectivity index (χ4n) is 1.88. The summed E-state index contributed by atoms with van der Waals surface area (Å²) in [7, 11) is 1.62. The largest absolute Gasteiger partial charge is 0.497 e. The van der Waals surface area contributed by atoms with Gasteiger partial charge in [-0.25, -0.2) is 0 Å². The first-order valence-electron chi connectivity index (χ1n) is 6.55. The number of ether oxygens (including phenoxy) is 2. The molecule has 1 atom stereocenters. The average molecular weight is 270 g/mol. The Morgan fingerprint density at radius 1 is 1.05 bits per heavy atom. The Bertz CT molecular complexity index is 546. The molecule has 104 valence electrons. The van der Waals surface area contributed by atoms with Gasteiger partial charge in [-0.15, -0.1) is 0 Å². The van der Waals surface area contributed by atoms with Crippen LogP contribution < -0.4 is 4.74 Å². The second-order valence-electron chi connectivity index (χ2n) is 4.59. The zero-order valence-electron chi connectivity index (χ0n) is 11.7. The molecule has 0 aliphatic carbocycles. The van der Waals surface area contributed by atoms with Crippen molar-refractivity contribution in [1.82, 2.24) is 0 Å². The summed E-state index contributed by atoms with van der Waals surface area (Å²) in [5.41, 5.74) is 1.91. The van der Waals surface area contributed by atoms with Crippen molar-refractivity contribution in [3.05, 3.63) is 65.7 Å². The molecule has 0 fully saturated rings. The van der Waals surface area contributed by atoms with Crippen LogP contribution in [0, 0.1) is 0 Å². The van der Waals surface area contributed by atoms with Crippen LogP contribution in [0.4, 0.5) is 0 Å². The molecule has 0 aliphatic rings. The van der Waals surface area contributed by atoms with Crippen molar-refractivity contribution >= 4 is 5.97 Å². The Morgan fingerprint density at radius 3 is 2.30 bits per heavy atom. The highest BCUT2D eigenvalue weighted by Crippen LogP contribution is 2.20. The number of rotatable bonds is 5. The third-order valence-electron chi connectivity index (χ3n) is 3.19. The number of hydrogen-bond acceptors (Lipinski definition) is 3. The van der Waals surface area contributed by atoms with Gasteiger partial charge in [0.05, 0.1) is 13.0 Å². The van der Waals surface area contributed by atoms with Crippen LogP contribution >= 0.6 is 0 Å². The van der Waals surface area contributed by atoms with Gasteiger partial charge in [-0.1, -0.05) is 42.5 Å². The van der Waals surface area contributed by atoms with Crippen LogP contribution in [0.15, 0.2) is 54.6 Å². The van der Waals surface area contributed by atoms with Crippen LogP contribution in [0.1, 0.15) is 24.0 Å². The normalized spacial score (nSPS) is 11.7. The SMILES string of the molecule is COc1ccc(C(C)C(=O)OCc2ccccc2)cc1. The van der Waals surface area contributed by atoms with Crippen LogP contribution in [-0.2, 0) is 16.1 Å². The van der Waals surface area contributed by atoms with E-state index in [0.717, 1.165) is 16.9 Å². The maximum absolute atomic E-state index is 12.0. The van der Waals surface area contributed by atoms with Crippen LogP contribution in [-0.4, -0.2) is 13.1 Å². The molecule has 0 N–H and O–H groups in total. The molecule has 0 bridgehead atoms. The van der Waals surface area contributed by atoms with Crippen LogP contribution in [0.25, 0.3) is 0 Å². The molecule has 0 amide bonds. The molecule has 3 heteroatoms. The van der Waals surface area contributed by atoms with Crippen LogP contribution in [0.3, 0.4) is 0 Å². The van der Waals surface area contributed by atoms with Crippen molar-refractivity contribution in [1.29, 1.82) is 0 Å². The molecule has 0 radical (unpaired) electrons. The van der Waals surface area contributed by atoms with E-state index in [9.17, 15) is 4.79 Å². The zero-order chi connectivity index (χ0) is 14.4. The second kappa shape index (κ2) is 6.75. The lowest BCUT2D eigenvalue weighted by molar-refractivity contribution is -0.146. The average Bonchev–Trinajstić information content (AvgIpc) is 2.53. The molecule has 1 unspecified atom stereocenters. The van der Waals surface area contributed by atoms with Gasteiger partial charge in [-0.3, -0.25) is 4.79 Å². The Labute approximate surface area is 119 Å². The maximum Gasteiger partial charge on any atom is 0.313 e. The number of esters is 1. The predicted molar refractivity (Wildman–Crippen MR) is 77.6 cm³/mol. The third kappa shape index (κ3) is 3.60. The number of benzene rings is 2. The Balaban J connectivity index is 1.94. The summed E-state index contributed by atoms with van der Waals surface area (Å²) in [5, 5.41) is 0. The van der Waals surface area contributed by atoms with Gasteiger partial charge in [0.1, 0.15) is 12.4 Å². The molecular formula is C17H18O3. The standard InChI is InChI=1S/C17H18O3/c1-13(15-8-10-16(19-2)11-9-15)17(18)20-12-14-6-4-3-5-7-14/h3-11,13H,12H2,1-2H3. The molecule has 2 aromatic carbocycles. The zero-order valence-corrected chi connectivity index (χ0v) is 11.7. The minimum absolute atomic E-state index is 0.223. The topological polar surface area (TPSA) is 35.5 Å². The first-order valence-corrected chi connectivity index (χ1v) is 6.55. The highest BCUT2D eigenvalue weighted by atomic mass is 16.5. The van der Waals surface area contributed by atoms with E-state index < -0.39 is 0 Å². The molecule has 0 spiro atoms. The van der Waals surface area contributed by atoms with E-state index in [0.29, 0.717) is 6.61 Å². The van der Waals surface area contributed by atoms with Gasteiger partial charge in [0.2, 0.25) is 0 Å². The third-order valence-corrected chi connectivity index (χ3v) is 3.19. The quantitative estimate of drug-likeness (QED) is 0.779. The minimum atomic E-state index is -0.287. The summed E-state index contributed by atoms with van der Waals surface area (Å²) in [6, 6.07) is 17.1. The molecule has 20 heavy (non-hydrogen) atoms. The molecule has 2 aromatic rings. The number of carbonyl (C=O) groups excluding carboxylic acids is 1. The van der Waals surface area contributed by atoms with E-state index in [1.165, 1.54) is 0 Å². The van der Waals surface area contributed by atoms with E-state index >= 15 is 0 Å². The van der Waals surface area contributed by atoms with E-state index in [1.807, 2.05) is 61.5 Å². The summed E-state index contributed by atoms with van der Waals surface area (Å²) in [5.74, 6) is 0.266. The fourth-order valence-corrected chi connectivity index (χ4v) is 1.88. The summed E-state index contributed by atoms with van der Waals surface area (Å²) in [4.78, 5) is 12.0. The molecule has 0 aliphatic heterocycles. The monoisotopic (exact) mass is 270 g/mol. The van der Waals surface area contributed by atoms with Crippen molar-refractivity contribution in [2.45, 2.75) is 19.4 Å². The van der Waals surface area contributed by atoms with Gasteiger partial charge in [0.15, 0.2) is 0 Å². The van der Waals surface area contributed by atoms with Crippen LogP contribution in [0.5, 0.6) is 5.75 Å². The number of methoxy groups -OCH3 is 1. The molecular weight excluding hydrogens is 252 g/mol. The molecule has 0 heterocycles. The molecule has 0 saturated carbocycles. The van der Waals surface area contributed by atoms with E-state index in [4.69, 9.17) is 9.47 Å². The van der Waals surface area contributed by atoms with Crippen molar-refractivity contribution < 1.29 is 14.3 Å². The van der Waals surface area contributed by atoms with Crippen molar-refractivity contribution in [2.75, 3.05) is 7.11 Å². The number of hydrogen-bond donors (Lipinski definition) is 0. The van der Waals surface area contributed by atoms with Crippen molar-refractivity contribution in [2.24, 2.45) is 0 Å². The van der Waals surface area contributed by atoms with E-state index in [1.54, 1.807) is 7.11 Å². The summed E-state index contributed by atoms with van der Waals surface area (Å²) in [6.45, 7) is 2.15. The summed E-state index contributed by atoms with van der Waals surface area (Å²) < 4.78 is 10.4. The van der Waals surface area contributed by atoms with Gasteiger partial charge in [0.25, 0.3) is 0 Å². The van der Waals surface area contributed by atoms with Crippen molar-refractivity contribution in [3.63, 3.8) is 0 Å². The lowest BCUT2D eigenvalue weighted by Crippen LogP contribution is -2.13. The number of carbonyl (C=O) groups is 1. The van der Waals surface area contributed by atoms with Gasteiger partial charge in [-0.2, -0.15) is 0 Å².